The molecular weight excluding hydrogens is 358 g/mol. The van der Waals surface area contributed by atoms with Gasteiger partial charge in [0.2, 0.25) is 11.8 Å². The van der Waals surface area contributed by atoms with Crippen LogP contribution >= 0.6 is 27.5 Å². The van der Waals surface area contributed by atoms with E-state index in [0.717, 1.165) is 4.47 Å². The second kappa shape index (κ2) is 7.04. The van der Waals surface area contributed by atoms with Crippen LogP contribution in [0.5, 0.6) is 0 Å². The second-order valence-corrected chi connectivity index (χ2v) is 6.20. The molecule has 1 heterocycles. The fraction of sp³-hybridized carbons (Fsp3) is 0.357. The Morgan fingerprint density at radius 3 is 2.86 bits per heavy atom. The first kappa shape index (κ1) is 16.0. The zero-order valence-corrected chi connectivity index (χ0v) is 14.0. The van der Waals surface area contributed by atoms with E-state index in [1.54, 1.807) is 12.1 Å². The third-order valence-electron chi connectivity index (χ3n) is 2.77. The first-order valence-corrected chi connectivity index (χ1v) is 7.70. The maximum atomic E-state index is 11.9. The molecule has 1 aromatic carbocycles. The van der Waals surface area contributed by atoms with E-state index < -0.39 is 0 Å². The van der Waals surface area contributed by atoms with Crippen molar-refractivity contribution in [3.8, 4) is 0 Å². The van der Waals surface area contributed by atoms with E-state index >= 15 is 0 Å². The van der Waals surface area contributed by atoms with Crippen molar-refractivity contribution in [3.63, 3.8) is 0 Å². The highest BCUT2D eigenvalue weighted by molar-refractivity contribution is 9.10. The van der Waals surface area contributed by atoms with Gasteiger partial charge in [0.1, 0.15) is 0 Å². The Labute approximate surface area is 136 Å². The topological polar surface area (TPSA) is 68.0 Å². The summed E-state index contributed by atoms with van der Waals surface area (Å²) in [6, 6.07) is 5.28. The Balaban J connectivity index is 1.89. The van der Waals surface area contributed by atoms with Crippen LogP contribution in [0.3, 0.4) is 0 Å². The zero-order chi connectivity index (χ0) is 15.4. The molecular formula is C14H15BrClN3O2. The Kier molecular flexibility index (Phi) is 5.36. The van der Waals surface area contributed by atoms with Crippen LogP contribution in [0.15, 0.2) is 27.2 Å². The summed E-state index contributed by atoms with van der Waals surface area (Å²) in [5, 5.41) is 7.10. The summed E-state index contributed by atoms with van der Waals surface area (Å²) in [7, 11) is 0. The van der Waals surface area contributed by atoms with Gasteiger partial charge in [0.25, 0.3) is 0 Å². The van der Waals surface area contributed by atoms with Crippen molar-refractivity contribution >= 4 is 39.1 Å². The molecule has 0 saturated carbocycles. The van der Waals surface area contributed by atoms with Crippen LogP contribution in [0.25, 0.3) is 0 Å². The van der Waals surface area contributed by atoms with Gasteiger partial charge in [-0.1, -0.05) is 46.5 Å². The molecule has 0 bridgehead atoms. The highest BCUT2D eigenvalue weighted by Gasteiger charge is 2.12. The molecule has 2 aromatic rings. The number of aromatic nitrogens is 2. The monoisotopic (exact) mass is 371 g/mol. The van der Waals surface area contributed by atoms with Crippen LogP contribution in [-0.4, -0.2) is 16.0 Å². The lowest BCUT2D eigenvalue weighted by Gasteiger charge is -2.06. The molecule has 5 nitrogen and oxygen atoms in total. The molecule has 0 fully saturated rings. The van der Waals surface area contributed by atoms with Crippen molar-refractivity contribution in [1.29, 1.82) is 0 Å². The Morgan fingerprint density at radius 2 is 2.24 bits per heavy atom. The number of halogens is 2. The van der Waals surface area contributed by atoms with Crippen LogP contribution in [0.1, 0.15) is 37.9 Å². The largest absolute Gasteiger partial charge is 0.339 e. The zero-order valence-electron chi connectivity index (χ0n) is 11.7. The van der Waals surface area contributed by atoms with Crippen LogP contribution in [0.2, 0.25) is 5.02 Å². The third kappa shape index (κ3) is 4.54. The van der Waals surface area contributed by atoms with Gasteiger partial charge >= 0.3 is 0 Å². The smallest absolute Gasteiger partial charge is 0.227 e. The van der Waals surface area contributed by atoms with Gasteiger partial charge in [-0.15, -0.1) is 0 Å². The van der Waals surface area contributed by atoms with E-state index in [-0.39, 0.29) is 18.2 Å². The Morgan fingerprint density at radius 1 is 1.48 bits per heavy atom. The molecule has 7 heteroatoms. The van der Waals surface area contributed by atoms with Crippen molar-refractivity contribution in [1.82, 2.24) is 10.1 Å². The summed E-state index contributed by atoms with van der Waals surface area (Å²) in [5.41, 5.74) is 0.582. The van der Waals surface area contributed by atoms with Crippen LogP contribution in [0.4, 0.5) is 5.69 Å². The maximum absolute atomic E-state index is 11.9. The molecule has 0 saturated heterocycles. The number of carbonyl (C=O) groups excluding carboxylic acids is 1. The molecule has 0 aliphatic heterocycles. The van der Waals surface area contributed by atoms with E-state index in [1.165, 1.54) is 0 Å². The average molecular weight is 373 g/mol. The molecule has 1 amide bonds. The molecule has 0 spiro atoms. The van der Waals surface area contributed by atoms with Crippen LogP contribution in [0, 0.1) is 0 Å². The third-order valence-corrected chi connectivity index (χ3v) is 3.58. The van der Waals surface area contributed by atoms with Gasteiger partial charge in [-0.05, 0) is 18.2 Å². The molecule has 0 aliphatic carbocycles. The standard InChI is InChI=1S/C14H15BrClN3O2/c1-8(2)14-18-13(21-19-14)6-5-12(20)17-11-4-3-9(15)7-10(11)16/h3-4,7-8H,5-6H2,1-2H3,(H,17,20). The number of nitrogens with one attached hydrogen (secondary N) is 1. The Hall–Kier alpha value is -1.40. The number of anilines is 1. The van der Waals surface area contributed by atoms with Gasteiger partial charge in [-0.2, -0.15) is 4.98 Å². The van der Waals surface area contributed by atoms with Gasteiger partial charge in [-0.25, -0.2) is 0 Å². The summed E-state index contributed by atoms with van der Waals surface area (Å²) in [6.07, 6.45) is 0.659. The van der Waals surface area contributed by atoms with Crippen molar-refractivity contribution in [2.75, 3.05) is 5.32 Å². The first-order valence-electron chi connectivity index (χ1n) is 6.53. The van der Waals surface area contributed by atoms with E-state index in [0.29, 0.717) is 28.8 Å². The fourth-order valence-electron chi connectivity index (χ4n) is 1.63. The van der Waals surface area contributed by atoms with Gasteiger partial charge in [0.15, 0.2) is 5.82 Å². The van der Waals surface area contributed by atoms with Gasteiger partial charge < -0.3 is 9.84 Å². The Bertz CT molecular complexity index is 643. The average Bonchev–Trinajstić information content (AvgIpc) is 2.89. The molecule has 112 valence electrons. The minimum Gasteiger partial charge on any atom is -0.339 e. The number of hydrogen-bond donors (Lipinski definition) is 1. The van der Waals surface area contributed by atoms with Gasteiger partial charge in [-0.3, -0.25) is 4.79 Å². The predicted octanol–water partition coefficient (Wildman–Crippen LogP) is 4.18. The van der Waals surface area contributed by atoms with Crippen LogP contribution in [-0.2, 0) is 11.2 Å². The lowest BCUT2D eigenvalue weighted by molar-refractivity contribution is -0.116. The minimum atomic E-state index is -0.150. The fourth-order valence-corrected chi connectivity index (χ4v) is 2.35. The molecule has 2 rings (SSSR count). The molecule has 0 radical (unpaired) electrons. The van der Waals surface area contributed by atoms with E-state index in [9.17, 15) is 4.79 Å². The number of nitrogens with zero attached hydrogens (tertiary/aromatic N) is 2. The van der Waals surface area contributed by atoms with Gasteiger partial charge in [0, 0.05) is 23.2 Å². The summed E-state index contributed by atoms with van der Waals surface area (Å²) in [5.74, 6) is 1.18. The highest BCUT2D eigenvalue weighted by Crippen LogP contribution is 2.25. The lowest BCUT2D eigenvalue weighted by Crippen LogP contribution is -2.12. The maximum Gasteiger partial charge on any atom is 0.227 e. The van der Waals surface area contributed by atoms with Crippen molar-refractivity contribution in [2.45, 2.75) is 32.6 Å². The summed E-state index contributed by atoms with van der Waals surface area (Å²) in [4.78, 5) is 16.1. The van der Waals surface area contributed by atoms with Crippen molar-refractivity contribution < 1.29 is 9.32 Å². The number of carbonyl (C=O) groups is 1. The first-order chi connectivity index (χ1) is 9.95. The van der Waals surface area contributed by atoms with E-state index in [1.807, 2.05) is 19.9 Å². The molecule has 0 aliphatic rings. The number of amides is 1. The predicted molar refractivity (Wildman–Crippen MR) is 84.5 cm³/mol. The van der Waals surface area contributed by atoms with Crippen molar-refractivity contribution in [3.05, 3.63) is 39.4 Å². The number of rotatable bonds is 5. The van der Waals surface area contributed by atoms with E-state index in [4.69, 9.17) is 16.1 Å². The molecule has 0 unspecified atom stereocenters. The summed E-state index contributed by atoms with van der Waals surface area (Å²) in [6.45, 7) is 3.97. The number of benzene rings is 1. The van der Waals surface area contributed by atoms with E-state index in [2.05, 4.69) is 31.4 Å². The quantitative estimate of drug-likeness (QED) is 0.855. The molecule has 21 heavy (non-hydrogen) atoms. The minimum absolute atomic E-state index is 0.150. The number of aryl methyl sites for hydroxylation is 1. The summed E-state index contributed by atoms with van der Waals surface area (Å²) < 4.78 is 5.95. The molecule has 1 N–H and O–H groups in total. The van der Waals surface area contributed by atoms with Crippen molar-refractivity contribution in [2.24, 2.45) is 0 Å². The molecule has 0 atom stereocenters. The number of hydrogen-bond acceptors (Lipinski definition) is 4. The summed E-state index contributed by atoms with van der Waals surface area (Å²) >= 11 is 9.36. The lowest BCUT2D eigenvalue weighted by atomic mass is 10.2. The van der Waals surface area contributed by atoms with Crippen LogP contribution < -0.4 is 5.32 Å². The molecule has 1 aromatic heterocycles. The second-order valence-electron chi connectivity index (χ2n) is 4.87. The van der Waals surface area contributed by atoms with Gasteiger partial charge in [0.05, 0.1) is 10.7 Å². The SMILES string of the molecule is CC(C)c1noc(CCC(=O)Nc2ccc(Br)cc2Cl)n1. The highest BCUT2D eigenvalue weighted by atomic mass is 79.9. The normalized spacial score (nSPS) is 10.9.